The van der Waals surface area contributed by atoms with E-state index in [0.29, 0.717) is 24.3 Å². The van der Waals surface area contributed by atoms with E-state index < -0.39 is 10.0 Å². The molecule has 1 atom stereocenters. The average Bonchev–Trinajstić information content (AvgIpc) is 3.05. The van der Waals surface area contributed by atoms with Crippen molar-refractivity contribution in [3.8, 4) is 0 Å². The summed E-state index contributed by atoms with van der Waals surface area (Å²) in [6.07, 6.45) is 1.35. The zero-order valence-electron chi connectivity index (χ0n) is 19.4. The lowest BCUT2D eigenvalue weighted by molar-refractivity contribution is -0.107. The third kappa shape index (κ3) is 5.87. The number of para-hydroxylation sites is 1. The number of halogens is 1. The Kier molecular flexibility index (Phi) is 7.80. The van der Waals surface area contributed by atoms with Crippen LogP contribution < -0.4 is 14.9 Å². The van der Waals surface area contributed by atoms with Crippen LogP contribution in [0.15, 0.2) is 71.6 Å². The van der Waals surface area contributed by atoms with E-state index in [1.54, 1.807) is 43.5 Å². The van der Waals surface area contributed by atoms with Crippen LogP contribution in [0, 0.1) is 5.82 Å². The highest BCUT2D eigenvalue weighted by atomic mass is 32.2. The summed E-state index contributed by atoms with van der Waals surface area (Å²) in [5.74, 6) is -0.194. The van der Waals surface area contributed by atoms with Crippen LogP contribution >= 0.6 is 0 Å². The van der Waals surface area contributed by atoms with Gasteiger partial charge in [0, 0.05) is 25.3 Å². The smallest absolute Gasteiger partial charge is 0.263 e. The maximum Gasteiger partial charge on any atom is 0.263 e. The minimum atomic E-state index is -4.01. The van der Waals surface area contributed by atoms with Gasteiger partial charge in [-0.3, -0.25) is 9.52 Å². The third-order valence-corrected chi connectivity index (χ3v) is 7.45. The first kappa shape index (κ1) is 24.8. The van der Waals surface area contributed by atoms with Crippen LogP contribution in [0.4, 0.5) is 15.8 Å². The van der Waals surface area contributed by atoms with Crippen molar-refractivity contribution in [2.24, 2.45) is 0 Å². The largest absolute Gasteiger partial charge is 0.384 e. The fourth-order valence-electron chi connectivity index (χ4n) is 4.34. The van der Waals surface area contributed by atoms with E-state index in [9.17, 15) is 17.6 Å². The summed E-state index contributed by atoms with van der Waals surface area (Å²) >= 11 is 0. The first-order chi connectivity index (χ1) is 16.9. The number of amides is 1. The van der Waals surface area contributed by atoms with Crippen LogP contribution in [0.5, 0.6) is 0 Å². The Morgan fingerprint density at radius 3 is 2.66 bits per heavy atom. The van der Waals surface area contributed by atoms with Gasteiger partial charge in [0.2, 0.25) is 6.41 Å². The molecule has 1 aliphatic heterocycles. The number of rotatable bonds is 9. The number of nitrogens with one attached hydrogen (secondary N) is 2. The van der Waals surface area contributed by atoms with Gasteiger partial charge in [0.25, 0.3) is 10.0 Å². The Bertz CT molecular complexity index is 1280. The molecule has 1 heterocycles. The molecule has 1 amide bonds. The fourth-order valence-corrected chi connectivity index (χ4v) is 5.61. The molecule has 184 valence electrons. The Morgan fingerprint density at radius 1 is 1.14 bits per heavy atom. The molecule has 0 spiro atoms. The zero-order chi connectivity index (χ0) is 24.8. The molecule has 9 heteroatoms. The summed E-state index contributed by atoms with van der Waals surface area (Å²) < 4.78 is 48.1. The number of carbonyl (C=O) groups is 1. The van der Waals surface area contributed by atoms with Crippen molar-refractivity contribution in [1.29, 1.82) is 0 Å². The van der Waals surface area contributed by atoms with Crippen molar-refractivity contribution in [2.45, 2.75) is 23.8 Å². The Labute approximate surface area is 205 Å². The van der Waals surface area contributed by atoms with Crippen molar-refractivity contribution in [2.75, 3.05) is 36.4 Å². The molecule has 3 aromatic rings. The fraction of sp³-hybridized carbons (Fsp3) is 0.269. The van der Waals surface area contributed by atoms with Crippen molar-refractivity contribution in [1.82, 2.24) is 5.32 Å². The Balaban J connectivity index is 1.62. The zero-order valence-corrected chi connectivity index (χ0v) is 20.2. The SMILES string of the molecule is COCC1CNCCc2cc(NS(=O)(=O)c3ccccc3N(C=O)Cc3ccc(F)cc3)ccc21. The summed E-state index contributed by atoms with van der Waals surface area (Å²) in [7, 11) is -2.34. The number of anilines is 2. The van der Waals surface area contributed by atoms with Gasteiger partial charge in [-0.15, -0.1) is 0 Å². The third-order valence-electron chi connectivity index (χ3n) is 6.02. The molecule has 7 nitrogen and oxygen atoms in total. The molecule has 0 radical (unpaired) electrons. The number of sulfonamides is 1. The van der Waals surface area contributed by atoms with Crippen LogP contribution in [-0.4, -0.2) is 41.6 Å². The van der Waals surface area contributed by atoms with Gasteiger partial charge in [-0.2, -0.15) is 0 Å². The van der Waals surface area contributed by atoms with E-state index in [2.05, 4.69) is 10.0 Å². The van der Waals surface area contributed by atoms with Crippen LogP contribution in [0.25, 0.3) is 0 Å². The molecule has 1 aliphatic rings. The maximum absolute atomic E-state index is 13.4. The van der Waals surface area contributed by atoms with E-state index in [1.165, 1.54) is 23.1 Å². The van der Waals surface area contributed by atoms with E-state index in [4.69, 9.17) is 4.74 Å². The number of fused-ring (bicyclic) bond motifs is 1. The molecule has 1 unspecified atom stereocenters. The second kappa shape index (κ2) is 11.0. The average molecular weight is 498 g/mol. The van der Waals surface area contributed by atoms with E-state index >= 15 is 0 Å². The standard InChI is InChI=1S/C26H28FN3O4S/c1-34-17-21-15-28-13-12-20-14-23(10-11-24(20)21)29-35(32,33)26-5-3-2-4-25(26)30(18-31)16-19-6-8-22(27)9-7-19/h2-11,14,18,21,28-29H,12-13,15-17H2,1H3. The Morgan fingerprint density at radius 2 is 1.91 bits per heavy atom. The second-order valence-corrected chi connectivity index (χ2v) is 10.1. The lowest BCUT2D eigenvalue weighted by atomic mass is 9.94. The molecular formula is C26H28FN3O4S. The number of nitrogens with zero attached hydrogens (tertiary/aromatic N) is 1. The summed E-state index contributed by atoms with van der Waals surface area (Å²) in [6.45, 7) is 2.27. The monoisotopic (exact) mass is 497 g/mol. The van der Waals surface area contributed by atoms with Gasteiger partial charge in [-0.05, 0) is 66.1 Å². The van der Waals surface area contributed by atoms with Gasteiger partial charge < -0.3 is 15.0 Å². The lowest BCUT2D eigenvalue weighted by Gasteiger charge is -2.22. The van der Waals surface area contributed by atoms with Gasteiger partial charge in [-0.1, -0.05) is 30.3 Å². The van der Waals surface area contributed by atoms with Crippen LogP contribution in [0.1, 0.15) is 22.6 Å². The summed E-state index contributed by atoms with van der Waals surface area (Å²) in [4.78, 5) is 13.2. The van der Waals surface area contributed by atoms with Crippen LogP contribution in [0.2, 0.25) is 0 Å². The van der Waals surface area contributed by atoms with Crippen LogP contribution in [0.3, 0.4) is 0 Å². The van der Waals surface area contributed by atoms with Gasteiger partial charge in [0.1, 0.15) is 10.7 Å². The number of benzene rings is 3. The van der Waals surface area contributed by atoms with Crippen molar-refractivity contribution in [3.05, 3.63) is 89.2 Å². The number of methoxy groups -OCH3 is 1. The molecule has 0 aliphatic carbocycles. The van der Waals surface area contributed by atoms with Gasteiger partial charge in [0.15, 0.2) is 0 Å². The number of hydrogen-bond donors (Lipinski definition) is 2. The molecule has 0 saturated carbocycles. The quantitative estimate of drug-likeness (QED) is 0.441. The predicted octanol–water partition coefficient (Wildman–Crippen LogP) is 3.67. The van der Waals surface area contributed by atoms with E-state index in [0.717, 1.165) is 30.6 Å². The predicted molar refractivity (Wildman–Crippen MR) is 134 cm³/mol. The van der Waals surface area contributed by atoms with Crippen molar-refractivity contribution in [3.63, 3.8) is 0 Å². The maximum atomic E-state index is 13.4. The van der Waals surface area contributed by atoms with Crippen molar-refractivity contribution < 1.29 is 22.3 Å². The van der Waals surface area contributed by atoms with E-state index in [1.807, 2.05) is 12.1 Å². The van der Waals surface area contributed by atoms with E-state index in [-0.39, 0.29) is 28.9 Å². The minimum Gasteiger partial charge on any atom is -0.384 e. The Hall–Kier alpha value is -3.27. The molecule has 4 rings (SSSR count). The van der Waals surface area contributed by atoms with Crippen LogP contribution in [-0.2, 0) is 32.5 Å². The first-order valence-electron chi connectivity index (χ1n) is 11.3. The summed E-state index contributed by atoms with van der Waals surface area (Å²) in [5, 5.41) is 3.39. The number of ether oxygens (including phenoxy) is 1. The van der Waals surface area contributed by atoms with Crippen molar-refractivity contribution >= 4 is 27.8 Å². The van der Waals surface area contributed by atoms with Gasteiger partial charge in [0.05, 0.1) is 18.8 Å². The normalized spacial score (nSPS) is 15.7. The summed E-state index contributed by atoms with van der Waals surface area (Å²) in [5.41, 5.74) is 3.57. The molecular weight excluding hydrogens is 469 g/mol. The summed E-state index contributed by atoms with van der Waals surface area (Å²) in [6, 6.07) is 17.6. The number of carbonyl (C=O) groups excluding carboxylic acids is 1. The molecule has 35 heavy (non-hydrogen) atoms. The number of hydrogen-bond acceptors (Lipinski definition) is 5. The molecule has 0 saturated heterocycles. The topological polar surface area (TPSA) is 87.7 Å². The highest BCUT2D eigenvalue weighted by Crippen LogP contribution is 2.30. The molecule has 3 aromatic carbocycles. The second-order valence-electron chi connectivity index (χ2n) is 8.45. The molecule has 0 fully saturated rings. The highest BCUT2D eigenvalue weighted by Gasteiger charge is 2.24. The highest BCUT2D eigenvalue weighted by molar-refractivity contribution is 7.92. The molecule has 0 bridgehead atoms. The van der Waals surface area contributed by atoms with Gasteiger partial charge in [-0.25, -0.2) is 12.8 Å². The molecule has 2 N–H and O–H groups in total. The lowest BCUT2D eigenvalue weighted by Crippen LogP contribution is -2.24. The minimum absolute atomic E-state index is 0.0249. The first-order valence-corrected chi connectivity index (χ1v) is 12.8. The van der Waals surface area contributed by atoms with Gasteiger partial charge >= 0.3 is 0 Å². The molecule has 0 aromatic heterocycles.